The zero-order valence-electron chi connectivity index (χ0n) is 10.0. The van der Waals surface area contributed by atoms with Crippen molar-refractivity contribution < 1.29 is 0 Å². The maximum absolute atomic E-state index is 11.7. The fraction of sp³-hybridized carbons (Fsp3) is 0.286. The van der Waals surface area contributed by atoms with Crippen LogP contribution in [-0.4, -0.2) is 9.97 Å². The quantitative estimate of drug-likeness (QED) is 0.924. The van der Waals surface area contributed by atoms with Gasteiger partial charge in [-0.2, -0.15) is 0 Å². The molecule has 0 atom stereocenters. The number of aromatic amines is 1. The van der Waals surface area contributed by atoms with Gasteiger partial charge in [-0.1, -0.05) is 15.9 Å². The third-order valence-electron chi connectivity index (χ3n) is 3.20. The number of aryl methyl sites for hydroxylation is 1. The third kappa shape index (κ3) is 2.25. The fourth-order valence-electron chi connectivity index (χ4n) is 2.08. The molecule has 1 saturated carbocycles. The highest BCUT2D eigenvalue weighted by Crippen LogP contribution is 2.38. The minimum Gasteiger partial charge on any atom is -0.307 e. The Bertz CT molecular complexity index is 659. The van der Waals surface area contributed by atoms with Gasteiger partial charge in [0.1, 0.15) is 5.82 Å². The molecule has 3 rings (SSSR count). The highest BCUT2D eigenvalue weighted by molar-refractivity contribution is 9.10. The first-order valence-electron chi connectivity index (χ1n) is 6.01. The molecule has 0 saturated heterocycles. The molecule has 18 heavy (non-hydrogen) atoms. The molecule has 4 heteroatoms. The number of hydrogen-bond acceptors (Lipinski definition) is 2. The summed E-state index contributed by atoms with van der Waals surface area (Å²) < 4.78 is 1.03. The van der Waals surface area contributed by atoms with Gasteiger partial charge in [0.15, 0.2) is 0 Å². The van der Waals surface area contributed by atoms with Crippen molar-refractivity contribution >= 4 is 15.9 Å². The van der Waals surface area contributed by atoms with Crippen LogP contribution in [0.3, 0.4) is 0 Å². The summed E-state index contributed by atoms with van der Waals surface area (Å²) in [4.78, 5) is 19.1. The van der Waals surface area contributed by atoms with Gasteiger partial charge >= 0.3 is 0 Å². The zero-order chi connectivity index (χ0) is 12.7. The van der Waals surface area contributed by atoms with Gasteiger partial charge in [-0.3, -0.25) is 4.79 Å². The van der Waals surface area contributed by atoms with Crippen molar-refractivity contribution in [3.63, 3.8) is 0 Å². The van der Waals surface area contributed by atoms with Crippen molar-refractivity contribution in [3.05, 3.63) is 50.3 Å². The Balaban J connectivity index is 2.13. The normalized spacial score (nSPS) is 14.8. The SMILES string of the molecule is Cc1cc(Br)ccc1-c1nc(C2CC2)cc(=O)[nH]1. The number of nitrogens with zero attached hydrogens (tertiary/aromatic N) is 1. The van der Waals surface area contributed by atoms with E-state index in [2.05, 4.69) is 25.9 Å². The van der Waals surface area contributed by atoms with Crippen LogP contribution in [0.5, 0.6) is 0 Å². The lowest BCUT2D eigenvalue weighted by molar-refractivity contribution is 0.975. The summed E-state index contributed by atoms with van der Waals surface area (Å²) in [6.07, 6.45) is 2.30. The summed E-state index contributed by atoms with van der Waals surface area (Å²) in [5.41, 5.74) is 2.94. The van der Waals surface area contributed by atoms with Gasteiger partial charge in [0.25, 0.3) is 5.56 Å². The van der Waals surface area contributed by atoms with E-state index in [-0.39, 0.29) is 5.56 Å². The van der Waals surface area contributed by atoms with Gasteiger partial charge in [-0.05, 0) is 43.5 Å². The number of rotatable bonds is 2. The number of nitrogens with one attached hydrogen (secondary N) is 1. The molecular formula is C14H13BrN2O. The molecule has 1 fully saturated rings. The molecule has 1 heterocycles. The van der Waals surface area contributed by atoms with Crippen molar-refractivity contribution in [1.29, 1.82) is 0 Å². The van der Waals surface area contributed by atoms with Crippen LogP contribution < -0.4 is 5.56 Å². The van der Waals surface area contributed by atoms with Gasteiger partial charge in [0, 0.05) is 22.0 Å². The Morgan fingerprint density at radius 3 is 2.78 bits per heavy atom. The van der Waals surface area contributed by atoms with E-state index in [4.69, 9.17) is 0 Å². The van der Waals surface area contributed by atoms with Crippen LogP contribution in [-0.2, 0) is 0 Å². The smallest absolute Gasteiger partial charge is 0.251 e. The Hall–Kier alpha value is -1.42. The van der Waals surface area contributed by atoms with Crippen LogP contribution in [0.2, 0.25) is 0 Å². The summed E-state index contributed by atoms with van der Waals surface area (Å²) in [5, 5.41) is 0. The number of hydrogen-bond donors (Lipinski definition) is 1. The van der Waals surface area contributed by atoms with E-state index in [1.807, 2.05) is 25.1 Å². The van der Waals surface area contributed by atoms with Gasteiger partial charge in [0.05, 0.1) is 5.69 Å². The van der Waals surface area contributed by atoms with Gasteiger partial charge < -0.3 is 4.98 Å². The monoisotopic (exact) mass is 304 g/mol. The number of benzene rings is 1. The van der Waals surface area contributed by atoms with Crippen LogP contribution >= 0.6 is 15.9 Å². The first-order valence-corrected chi connectivity index (χ1v) is 6.80. The summed E-state index contributed by atoms with van der Waals surface area (Å²) in [6.45, 7) is 2.02. The first kappa shape index (κ1) is 11.7. The van der Waals surface area contributed by atoms with Crippen LogP contribution in [0.4, 0.5) is 0 Å². The molecule has 0 bridgehead atoms. The molecule has 1 aliphatic rings. The first-order chi connectivity index (χ1) is 8.63. The Morgan fingerprint density at radius 1 is 1.33 bits per heavy atom. The molecule has 0 spiro atoms. The van der Waals surface area contributed by atoms with Crippen molar-refractivity contribution in [1.82, 2.24) is 9.97 Å². The topological polar surface area (TPSA) is 45.8 Å². The van der Waals surface area contributed by atoms with Crippen LogP contribution in [0.1, 0.15) is 30.0 Å². The zero-order valence-corrected chi connectivity index (χ0v) is 11.6. The molecule has 1 N–H and O–H groups in total. The van der Waals surface area contributed by atoms with Crippen molar-refractivity contribution in [2.45, 2.75) is 25.7 Å². The van der Waals surface area contributed by atoms with E-state index >= 15 is 0 Å². The van der Waals surface area contributed by atoms with Crippen molar-refractivity contribution in [2.75, 3.05) is 0 Å². The lowest BCUT2D eigenvalue weighted by Gasteiger charge is -2.07. The Morgan fingerprint density at radius 2 is 2.11 bits per heavy atom. The largest absolute Gasteiger partial charge is 0.307 e. The summed E-state index contributed by atoms with van der Waals surface area (Å²) in [6, 6.07) is 7.59. The van der Waals surface area contributed by atoms with Crippen molar-refractivity contribution in [2.24, 2.45) is 0 Å². The maximum atomic E-state index is 11.7. The molecule has 3 nitrogen and oxygen atoms in total. The van der Waals surface area contributed by atoms with E-state index in [9.17, 15) is 4.79 Å². The minimum atomic E-state index is -0.0655. The van der Waals surface area contributed by atoms with Crippen molar-refractivity contribution in [3.8, 4) is 11.4 Å². The van der Waals surface area contributed by atoms with E-state index < -0.39 is 0 Å². The highest BCUT2D eigenvalue weighted by Gasteiger charge is 2.26. The van der Waals surface area contributed by atoms with E-state index in [0.717, 1.165) is 34.1 Å². The average molecular weight is 305 g/mol. The van der Waals surface area contributed by atoms with Crippen LogP contribution in [0, 0.1) is 6.92 Å². The van der Waals surface area contributed by atoms with Gasteiger partial charge in [0.2, 0.25) is 0 Å². The molecule has 1 aromatic carbocycles. The maximum Gasteiger partial charge on any atom is 0.251 e. The van der Waals surface area contributed by atoms with Crippen LogP contribution in [0.15, 0.2) is 33.5 Å². The molecule has 92 valence electrons. The van der Waals surface area contributed by atoms with Gasteiger partial charge in [-0.15, -0.1) is 0 Å². The third-order valence-corrected chi connectivity index (χ3v) is 3.69. The molecule has 1 aliphatic carbocycles. The highest BCUT2D eigenvalue weighted by atomic mass is 79.9. The minimum absolute atomic E-state index is 0.0655. The van der Waals surface area contributed by atoms with Gasteiger partial charge in [-0.25, -0.2) is 4.98 Å². The number of aromatic nitrogens is 2. The predicted octanol–water partition coefficient (Wildman–Crippen LogP) is 3.39. The molecule has 1 aromatic heterocycles. The van der Waals surface area contributed by atoms with E-state index in [1.54, 1.807) is 6.07 Å². The average Bonchev–Trinajstić information content (AvgIpc) is 3.11. The second kappa shape index (κ2) is 4.35. The molecule has 0 amide bonds. The second-order valence-corrected chi connectivity index (χ2v) is 5.67. The van der Waals surface area contributed by atoms with Crippen LogP contribution in [0.25, 0.3) is 11.4 Å². The number of halogens is 1. The lowest BCUT2D eigenvalue weighted by Crippen LogP contribution is -2.10. The molecule has 0 unspecified atom stereocenters. The number of H-pyrrole nitrogens is 1. The predicted molar refractivity (Wildman–Crippen MR) is 74.7 cm³/mol. The lowest BCUT2D eigenvalue weighted by atomic mass is 10.1. The van der Waals surface area contributed by atoms with E-state index in [1.165, 1.54) is 0 Å². The molecule has 0 aliphatic heterocycles. The molecular weight excluding hydrogens is 292 g/mol. The summed E-state index contributed by atoms with van der Waals surface area (Å²) in [7, 11) is 0. The molecule has 0 radical (unpaired) electrons. The standard InChI is InChI=1S/C14H13BrN2O/c1-8-6-10(15)4-5-11(8)14-16-12(9-2-3-9)7-13(18)17-14/h4-7,9H,2-3H2,1H3,(H,16,17,18). The summed E-state index contributed by atoms with van der Waals surface area (Å²) >= 11 is 3.44. The Labute approximate surface area is 113 Å². The van der Waals surface area contributed by atoms with E-state index in [0.29, 0.717) is 11.7 Å². The fourth-order valence-corrected chi connectivity index (χ4v) is 2.56. The summed E-state index contributed by atoms with van der Waals surface area (Å²) in [5.74, 6) is 1.16. The molecule has 2 aromatic rings. The Kier molecular flexibility index (Phi) is 2.82. The second-order valence-electron chi connectivity index (χ2n) is 4.75.